The van der Waals surface area contributed by atoms with Crippen LogP contribution in [0.5, 0.6) is 0 Å². The molecule has 0 aromatic heterocycles. The fourth-order valence-corrected chi connectivity index (χ4v) is 3.83. The lowest BCUT2D eigenvalue weighted by Gasteiger charge is -2.18. The molecule has 1 heterocycles. The lowest BCUT2D eigenvalue weighted by atomic mass is 10.0. The summed E-state index contributed by atoms with van der Waals surface area (Å²) in [6.45, 7) is 3.16. The number of nitrogens with zero attached hydrogens (tertiary/aromatic N) is 1. The van der Waals surface area contributed by atoms with Crippen molar-refractivity contribution in [2.75, 3.05) is 6.54 Å². The third kappa shape index (κ3) is 4.06. The predicted octanol–water partition coefficient (Wildman–Crippen LogP) is 3.61. The molecule has 1 atom stereocenters. The molecule has 4 rings (SSSR count). The van der Waals surface area contributed by atoms with E-state index in [2.05, 4.69) is 29.6 Å². The molecule has 4 heteroatoms. The second-order valence-corrected chi connectivity index (χ2v) is 7.54. The van der Waals surface area contributed by atoms with Crippen molar-refractivity contribution in [2.24, 2.45) is 0 Å². The summed E-state index contributed by atoms with van der Waals surface area (Å²) in [6, 6.07) is 22.2. The van der Waals surface area contributed by atoms with Gasteiger partial charge in [-0.2, -0.15) is 0 Å². The first kappa shape index (κ1) is 18.2. The standard InChI is InChI=1S/C24H24N2O2/c1-17-9-11-18(12-10-17)13-23(27)25-21-14-24(28)26(16-21)15-20-7-4-6-19-5-2-3-8-22(19)20/h2-12,21H,13-16H2,1H3,(H,25,27)/t21-/m1/s1. The van der Waals surface area contributed by atoms with Crippen molar-refractivity contribution in [1.29, 1.82) is 0 Å². The van der Waals surface area contributed by atoms with E-state index in [9.17, 15) is 9.59 Å². The van der Waals surface area contributed by atoms with Crippen LogP contribution >= 0.6 is 0 Å². The molecule has 0 unspecified atom stereocenters. The first-order chi connectivity index (χ1) is 13.6. The minimum Gasteiger partial charge on any atom is -0.351 e. The molecule has 0 radical (unpaired) electrons. The largest absolute Gasteiger partial charge is 0.351 e. The number of amides is 2. The molecule has 1 N–H and O–H groups in total. The molecule has 1 aliphatic rings. The third-order valence-electron chi connectivity index (χ3n) is 5.31. The summed E-state index contributed by atoms with van der Waals surface area (Å²) < 4.78 is 0. The Morgan fingerprint density at radius 1 is 1.04 bits per heavy atom. The fourth-order valence-electron chi connectivity index (χ4n) is 3.83. The van der Waals surface area contributed by atoms with Gasteiger partial charge in [-0.25, -0.2) is 0 Å². The number of rotatable bonds is 5. The first-order valence-corrected chi connectivity index (χ1v) is 9.68. The van der Waals surface area contributed by atoms with E-state index in [-0.39, 0.29) is 17.9 Å². The number of hydrogen-bond donors (Lipinski definition) is 1. The topological polar surface area (TPSA) is 49.4 Å². The lowest BCUT2D eigenvalue weighted by molar-refractivity contribution is -0.128. The number of benzene rings is 3. The van der Waals surface area contributed by atoms with E-state index >= 15 is 0 Å². The molecule has 4 nitrogen and oxygen atoms in total. The van der Waals surface area contributed by atoms with E-state index < -0.39 is 0 Å². The van der Waals surface area contributed by atoms with Crippen LogP contribution < -0.4 is 5.32 Å². The van der Waals surface area contributed by atoms with Gasteiger partial charge in [0.2, 0.25) is 11.8 Å². The van der Waals surface area contributed by atoms with Crippen LogP contribution in [0, 0.1) is 6.92 Å². The van der Waals surface area contributed by atoms with Gasteiger partial charge in [0, 0.05) is 19.5 Å². The highest BCUT2D eigenvalue weighted by Crippen LogP contribution is 2.22. The zero-order valence-electron chi connectivity index (χ0n) is 16.0. The van der Waals surface area contributed by atoms with Gasteiger partial charge in [-0.3, -0.25) is 9.59 Å². The number of nitrogens with one attached hydrogen (secondary N) is 1. The maximum Gasteiger partial charge on any atom is 0.225 e. The molecule has 0 saturated carbocycles. The van der Waals surface area contributed by atoms with E-state index in [1.54, 1.807) is 0 Å². The van der Waals surface area contributed by atoms with Crippen LogP contribution in [-0.4, -0.2) is 29.3 Å². The summed E-state index contributed by atoms with van der Waals surface area (Å²) in [5.74, 6) is 0.0576. The summed E-state index contributed by atoms with van der Waals surface area (Å²) >= 11 is 0. The Kier molecular flexibility index (Phi) is 5.11. The summed E-state index contributed by atoms with van der Waals surface area (Å²) in [7, 11) is 0. The van der Waals surface area contributed by atoms with Gasteiger partial charge in [-0.1, -0.05) is 72.3 Å². The highest BCUT2D eigenvalue weighted by Gasteiger charge is 2.30. The van der Waals surface area contributed by atoms with Crippen LogP contribution in [0.25, 0.3) is 10.8 Å². The average molecular weight is 372 g/mol. The number of hydrogen-bond acceptors (Lipinski definition) is 2. The molecule has 28 heavy (non-hydrogen) atoms. The molecule has 142 valence electrons. The smallest absolute Gasteiger partial charge is 0.225 e. The maximum absolute atomic E-state index is 12.5. The first-order valence-electron chi connectivity index (χ1n) is 9.68. The third-order valence-corrected chi connectivity index (χ3v) is 5.31. The van der Waals surface area contributed by atoms with Crippen molar-refractivity contribution < 1.29 is 9.59 Å². The number of aryl methyl sites for hydroxylation is 1. The second-order valence-electron chi connectivity index (χ2n) is 7.54. The summed E-state index contributed by atoms with van der Waals surface area (Å²) in [6.07, 6.45) is 0.707. The van der Waals surface area contributed by atoms with Gasteiger partial charge in [0.1, 0.15) is 0 Å². The van der Waals surface area contributed by atoms with Crippen molar-refractivity contribution in [1.82, 2.24) is 10.2 Å². The Balaban J connectivity index is 1.38. The van der Waals surface area contributed by atoms with E-state index in [0.717, 1.165) is 11.1 Å². The van der Waals surface area contributed by atoms with Gasteiger partial charge in [0.15, 0.2) is 0 Å². The lowest BCUT2D eigenvalue weighted by Crippen LogP contribution is -2.37. The number of likely N-dealkylation sites (tertiary alicyclic amines) is 1. The van der Waals surface area contributed by atoms with E-state index in [4.69, 9.17) is 0 Å². The number of carbonyl (C=O) groups is 2. The van der Waals surface area contributed by atoms with Crippen LogP contribution in [-0.2, 0) is 22.6 Å². The molecule has 0 bridgehead atoms. The molecule has 1 saturated heterocycles. The zero-order chi connectivity index (χ0) is 19.5. The van der Waals surface area contributed by atoms with Crippen LogP contribution in [0.4, 0.5) is 0 Å². The Labute approximate surface area is 165 Å². The van der Waals surface area contributed by atoms with Gasteiger partial charge >= 0.3 is 0 Å². The molecule has 1 aliphatic heterocycles. The van der Waals surface area contributed by atoms with Crippen molar-refractivity contribution in [3.63, 3.8) is 0 Å². The van der Waals surface area contributed by atoms with E-state index in [1.807, 2.05) is 54.3 Å². The van der Waals surface area contributed by atoms with Crippen molar-refractivity contribution >= 4 is 22.6 Å². The molecular formula is C24H24N2O2. The van der Waals surface area contributed by atoms with Crippen molar-refractivity contribution in [2.45, 2.75) is 32.4 Å². The average Bonchev–Trinajstić information content (AvgIpc) is 3.02. The fraction of sp³-hybridized carbons (Fsp3) is 0.250. The Hall–Kier alpha value is -3.14. The van der Waals surface area contributed by atoms with E-state index in [1.165, 1.54) is 16.3 Å². The number of fused-ring (bicyclic) bond motifs is 1. The summed E-state index contributed by atoms with van der Waals surface area (Å²) in [5.41, 5.74) is 3.30. The van der Waals surface area contributed by atoms with Crippen LogP contribution in [0.1, 0.15) is 23.1 Å². The van der Waals surface area contributed by atoms with E-state index in [0.29, 0.717) is 25.9 Å². The molecule has 3 aromatic rings. The Bertz CT molecular complexity index is 1010. The normalized spacial score (nSPS) is 16.5. The summed E-state index contributed by atoms with van der Waals surface area (Å²) in [5, 5.41) is 5.37. The minimum atomic E-state index is -0.125. The van der Waals surface area contributed by atoms with Crippen molar-refractivity contribution in [3.05, 3.63) is 83.4 Å². The van der Waals surface area contributed by atoms with Gasteiger partial charge in [-0.05, 0) is 28.8 Å². The maximum atomic E-state index is 12.5. The Morgan fingerprint density at radius 3 is 2.61 bits per heavy atom. The van der Waals surface area contributed by atoms with Crippen LogP contribution in [0.2, 0.25) is 0 Å². The zero-order valence-corrected chi connectivity index (χ0v) is 16.0. The van der Waals surface area contributed by atoms with Gasteiger partial charge in [0.25, 0.3) is 0 Å². The van der Waals surface area contributed by atoms with Crippen LogP contribution in [0.15, 0.2) is 66.7 Å². The van der Waals surface area contributed by atoms with Crippen molar-refractivity contribution in [3.8, 4) is 0 Å². The SMILES string of the molecule is Cc1ccc(CC(=O)N[C@@H]2CC(=O)N(Cc3cccc4ccccc34)C2)cc1. The van der Waals surface area contributed by atoms with Crippen LogP contribution in [0.3, 0.4) is 0 Å². The van der Waals surface area contributed by atoms with Gasteiger partial charge in [-0.15, -0.1) is 0 Å². The highest BCUT2D eigenvalue weighted by molar-refractivity contribution is 5.87. The summed E-state index contributed by atoms with van der Waals surface area (Å²) in [4.78, 5) is 26.7. The molecule has 0 aliphatic carbocycles. The molecule has 2 amide bonds. The monoisotopic (exact) mass is 372 g/mol. The molecule has 3 aromatic carbocycles. The molecule has 1 fully saturated rings. The molecular weight excluding hydrogens is 348 g/mol. The van der Waals surface area contributed by atoms with Gasteiger partial charge < -0.3 is 10.2 Å². The number of carbonyl (C=O) groups excluding carboxylic acids is 2. The van der Waals surface area contributed by atoms with Gasteiger partial charge in [0.05, 0.1) is 12.5 Å². The second kappa shape index (κ2) is 7.85. The minimum absolute atomic E-state index is 0.0336. The highest BCUT2D eigenvalue weighted by atomic mass is 16.2. The quantitative estimate of drug-likeness (QED) is 0.744. The Morgan fingerprint density at radius 2 is 1.79 bits per heavy atom. The molecule has 0 spiro atoms. The predicted molar refractivity (Wildman–Crippen MR) is 111 cm³/mol.